The van der Waals surface area contributed by atoms with E-state index < -0.39 is 0 Å². The van der Waals surface area contributed by atoms with Crippen molar-refractivity contribution in [1.82, 2.24) is 4.98 Å². The molecule has 0 radical (unpaired) electrons. The lowest BCUT2D eigenvalue weighted by molar-refractivity contribution is 0.415. The molecule has 31 heavy (non-hydrogen) atoms. The Morgan fingerprint density at radius 1 is 0.710 bits per heavy atom. The van der Waals surface area contributed by atoms with Gasteiger partial charge in [-0.3, -0.25) is 0 Å². The number of hydrogen-bond donors (Lipinski definition) is 1. The van der Waals surface area contributed by atoms with Gasteiger partial charge in [-0.1, -0.05) is 71.3 Å². The maximum atomic E-state index is 5.30. The highest BCUT2D eigenvalue weighted by atomic mass is 16.5. The molecular weight excluding hydrogens is 380 g/mol. The number of aryl methyl sites for hydroxylation is 3. The van der Waals surface area contributed by atoms with E-state index >= 15 is 0 Å². The molecule has 0 atom stereocenters. The minimum atomic E-state index is 0.729. The maximum Gasteiger partial charge on any atom is 0.134 e. The third kappa shape index (κ3) is 4.95. The van der Waals surface area contributed by atoms with E-state index in [-0.39, 0.29) is 0 Å². The molecule has 3 aromatic carbocycles. The van der Waals surface area contributed by atoms with Crippen LogP contribution in [0.5, 0.6) is 5.75 Å². The molecule has 0 bridgehead atoms. The predicted octanol–water partition coefficient (Wildman–Crippen LogP) is 6.96. The smallest absolute Gasteiger partial charge is 0.134 e. The van der Waals surface area contributed by atoms with Crippen LogP contribution in [0.25, 0.3) is 22.3 Å². The van der Waals surface area contributed by atoms with Gasteiger partial charge in [0.25, 0.3) is 0 Å². The fourth-order valence-corrected chi connectivity index (χ4v) is 3.79. The van der Waals surface area contributed by atoms with Crippen LogP contribution in [-0.4, -0.2) is 12.1 Å². The summed E-state index contributed by atoms with van der Waals surface area (Å²) in [7, 11) is 1.68. The van der Waals surface area contributed by atoms with Gasteiger partial charge in [0.15, 0.2) is 0 Å². The number of rotatable bonds is 6. The second kappa shape index (κ2) is 9.05. The zero-order valence-corrected chi connectivity index (χ0v) is 18.6. The lowest BCUT2D eigenvalue weighted by atomic mass is 9.98. The van der Waals surface area contributed by atoms with E-state index in [1.165, 1.54) is 27.8 Å². The van der Waals surface area contributed by atoms with Crippen molar-refractivity contribution >= 4 is 5.82 Å². The summed E-state index contributed by atoms with van der Waals surface area (Å²) in [5.41, 5.74) is 9.46. The highest BCUT2D eigenvalue weighted by molar-refractivity contribution is 5.81. The highest BCUT2D eigenvalue weighted by Gasteiger charge is 2.11. The molecule has 1 N–H and O–H groups in total. The Balaban J connectivity index is 1.73. The third-order valence-corrected chi connectivity index (χ3v) is 5.42. The van der Waals surface area contributed by atoms with Gasteiger partial charge in [0.1, 0.15) is 11.6 Å². The Hall–Kier alpha value is -3.59. The van der Waals surface area contributed by atoms with Crippen LogP contribution in [0, 0.1) is 20.8 Å². The van der Waals surface area contributed by atoms with Crippen LogP contribution in [0.1, 0.15) is 22.3 Å². The van der Waals surface area contributed by atoms with E-state index in [4.69, 9.17) is 9.72 Å². The molecule has 0 saturated heterocycles. The van der Waals surface area contributed by atoms with E-state index in [0.717, 1.165) is 34.8 Å². The lowest BCUT2D eigenvalue weighted by Crippen LogP contribution is -2.03. The van der Waals surface area contributed by atoms with Crippen LogP contribution in [0.15, 0.2) is 79.0 Å². The first-order valence-electron chi connectivity index (χ1n) is 10.5. The largest absolute Gasteiger partial charge is 0.497 e. The van der Waals surface area contributed by atoms with E-state index in [9.17, 15) is 0 Å². The van der Waals surface area contributed by atoms with Gasteiger partial charge < -0.3 is 10.1 Å². The van der Waals surface area contributed by atoms with E-state index in [0.29, 0.717) is 0 Å². The molecule has 0 amide bonds. The second-order valence-electron chi connectivity index (χ2n) is 8.06. The van der Waals surface area contributed by atoms with E-state index in [2.05, 4.69) is 86.8 Å². The van der Waals surface area contributed by atoms with E-state index in [1.807, 2.05) is 18.3 Å². The first kappa shape index (κ1) is 20.7. The van der Waals surface area contributed by atoms with Crippen molar-refractivity contribution < 1.29 is 4.74 Å². The van der Waals surface area contributed by atoms with Gasteiger partial charge in [-0.2, -0.15) is 0 Å². The van der Waals surface area contributed by atoms with Crippen LogP contribution < -0.4 is 10.1 Å². The van der Waals surface area contributed by atoms with Gasteiger partial charge in [-0.25, -0.2) is 4.98 Å². The molecule has 0 aliphatic heterocycles. The Bertz CT molecular complexity index is 1160. The number of anilines is 1. The molecule has 0 fully saturated rings. The molecule has 4 aromatic rings. The Labute approximate surface area is 184 Å². The molecule has 156 valence electrons. The molecule has 4 rings (SSSR count). The van der Waals surface area contributed by atoms with Crippen LogP contribution >= 0.6 is 0 Å². The van der Waals surface area contributed by atoms with Crippen molar-refractivity contribution in [1.29, 1.82) is 0 Å². The van der Waals surface area contributed by atoms with Gasteiger partial charge in [-0.05, 0) is 55.7 Å². The fourth-order valence-electron chi connectivity index (χ4n) is 3.79. The summed E-state index contributed by atoms with van der Waals surface area (Å²) in [6.45, 7) is 7.11. The summed E-state index contributed by atoms with van der Waals surface area (Å²) in [5.74, 6) is 1.74. The van der Waals surface area contributed by atoms with Gasteiger partial charge in [0.2, 0.25) is 0 Å². The monoisotopic (exact) mass is 408 g/mol. The van der Waals surface area contributed by atoms with Gasteiger partial charge in [-0.15, -0.1) is 0 Å². The van der Waals surface area contributed by atoms with Crippen LogP contribution in [0.3, 0.4) is 0 Å². The lowest BCUT2D eigenvalue weighted by Gasteiger charge is -2.15. The predicted molar refractivity (Wildman–Crippen MR) is 130 cm³/mol. The molecule has 0 aliphatic carbocycles. The zero-order valence-electron chi connectivity index (χ0n) is 18.6. The topological polar surface area (TPSA) is 34.1 Å². The van der Waals surface area contributed by atoms with Crippen molar-refractivity contribution in [2.75, 3.05) is 12.4 Å². The number of nitrogens with one attached hydrogen (secondary N) is 1. The van der Waals surface area contributed by atoms with Crippen LogP contribution in [0.4, 0.5) is 5.82 Å². The summed E-state index contributed by atoms with van der Waals surface area (Å²) in [5, 5.41) is 3.55. The Morgan fingerprint density at radius 3 is 2.03 bits per heavy atom. The van der Waals surface area contributed by atoms with Gasteiger partial charge in [0, 0.05) is 23.9 Å². The molecule has 1 heterocycles. The Morgan fingerprint density at radius 2 is 1.39 bits per heavy atom. The van der Waals surface area contributed by atoms with Crippen molar-refractivity contribution in [2.24, 2.45) is 0 Å². The quantitative estimate of drug-likeness (QED) is 0.374. The molecule has 3 nitrogen and oxygen atoms in total. The molecule has 0 spiro atoms. The van der Waals surface area contributed by atoms with Gasteiger partial charge in [0.05, 0.1) is 7.11 Å². The van der Waals surface area contributed by atoms with Crippen molar-refractivity contribution in [3.63, 3.8) is 0 Å². The molecule has 0 saturated carbocycles. The maximum absolute atomic E-state index is 5.30. The average Bonchev–Trinajstić information content (AvgIpc) is 2.78. The summed E-state index contributed by atoms with van der Waals surface area (Å²) < 4.78 is 5.30. The Kier molecular flexibility index (Phi) is 6.03. The number of pyridine rings is 1. The molecule has 3 heteroatoms. The third-order valence-electron chi connectivity index (χ3n) is 5.42. The standard InChI is InChI=1S/C28H28N2O/c1-19-5-7-22(8-6-19)17-29-28-27(24-14-20(2)13-21(3)15-24)16-25(18-30-28)23-9-11-26(31-4)12-10-23/h5-16,18H,17H2,1-4H3,(H,29,30). The number of aromatic nitrogens is 1. The molecule has 1 aromatic heterocycles. The van der Waals surface area contributed by atoms with Crippen molar-refractivity contribution in [2.45, 2.75) is 27.3 Å². The summed E-state index contributed by atoms with van der Waals surface area (Å²) in [6, 6.07) is 25.6. The van der Waals surface area contributed by atoms with Crippen LogP contribution in [0.2, 0.25) is 0 Å². The number of methoxy groups -OCH3 is 1. The molecular formula is C28H28N2O. The second-order valence-corrected chi connectivity index (χ2v) is 8.06. The minimum Gasteiger partial charge on any atom is -0.497 e. The number of benzene rings is 3. The SMILES string of the molecule is COc1ccc(-c2cnc(NCc3ccc(C)cc3)c(-c3cc(C)cc(C)c3)c2)cc1. The summed E-state index contributed by atoms with van der Waals surface area (Å²) in [4.78, 5) is 4.82. The zero-order chi connectivity index (χ0) is 21.8. The summed E-state index contributed by atoms with van der Waals surface area (Å²) in [6.07, 6.45) is 1.94. The van der Waals surface area contributed by atoms with Crippen molar-refractivity contribution in [3.05, 3.63) is 101 Å². The highest BCUT2D eigenvalue weighted by Crippen LogP contribution is 2.33. The first-order valence-corrected chi connectivity index (χ1v) is 10.5. The number of ether oxygens (including phenoxy) is 1. The minimum absolute atomic E-state index is 0.729. The van der Waals surface area contributed by atoms with E-state index in [1.54, 1.807) is 7.11 Å². The first-order chi connectivity index (χ1) is 15.0. The van der Waals surface area contributed by atoms with Crippen molar-refractivity contribution in [3.8, 4) is 28.0 Å². The fraction of sp³-hybridized carbons (Fsp3) is 0.179. The molecule has 0 aliphatic rings. The summed E-state index contributed by atoms with van der Waals surface area (Å²) >= 11 is 0. The molecule has 0 unspecified atom stereocenters. The number of hydrogen-bond acceptors (Lipinski definition) is 3. The number of nitrogens with zero attached hydrogens (tertiary/aromatic N) is 1. The normalized spacial score (nSPS) is 10.7. The average molecular weight is 409 g/mol. The van der Waals surface area contributed by atoms with Crippen LogP contribution in [-0.2, 0) is 6.54 Å². The van der Waals surface area contributed by atoms with Gasteiger partial charge >= 0.3 is 0 Å².